The third-order valence-electron chi connectivity index (χ3n) is 2.48. The van der Waals surface area contributed by atoms with Gasteiger partial charge < -0.3 is 14.8 Å². The Balaban J connectivity index is 0.00000200. The van der Waals surface area contributed by atoms with Crippen LogP contribution in [0, 0.1) is 0 Å². The van der Waals surface area contributed by atoms with Crippen molar-refractivity contribution in [3.8, 4) is 0 Å². The largest absolute Gasteiger partial charge is 1.00 e. The maximum absolute atomic E-state index is 11.3. The second-order valence-electron chi connectivity index (χ2n) is 3.75. The Morgan fingerprint density at radius 1 is 0.857 bits per heavy atom. The van der Waals surface area contributed by atoms with Gasteiger partial charge in [0.05, 0.1) is 15.5 Å². The first-order valence-corrected chi connectivity index (χ1v) is 7.67. The molecule has 0 amide bonds. The van der Waals surface area contributed by atoms with Crippen LogP contribution >= 0.6 is 0 Å². The topological polar surface area (TPSA) is 140 Å². The SMILES string of the molecule is Nc1cc2ccccc2c(S(=O)(=O)[O-])c1S(=O)(=O)[O-].[Na+].[Na+]. The summed E-state index contributed by atoms with van der Waals surface area (Å²) >= 11 is 0. The smallest absolute Gasteiger partial charge is 0.744 e. The average Bonchev–Trinajstić information content (AvgIpc) is 2.24. The maximum atomic E-state index is 11.3. The number of nitrogens with two attached hydrogens (primary N) is 1. The summed E-state index contributed by atoms with van der Waals surface area (Å²) in [6.07, 6.45) is 0. The standard InChI is InChI=1S/C10H9NO6S2.2Na/c11-8-5-6-3-1-2-4-7(6)9(18(12,13)14)10(8)19(15,16)17;;/h1-5H,11H2,(H,12,13,14)(H,15,16,17);;/q;2*+1/p-2. The van der Waals surface area contributed by atoms with Crippen molar-refractivity contribution in [2.24, 2.45) is 0 Å². The molecule has 21 heavy (non-hydrogen) atoms. The molecular formula is C10H7NNa2O6S2. The van der Waals surface area contributed by atoms with Crippen LogP contribution in [0.25, 0.3) is 10.8 Å². The van der Waals surface area contributed by atoms with Crippen LogP contribution in [0.2, 0.25) is 0 Å². The van der Waals surface area contributed by atoms with Gasteiger partial charge in [0, 0.05) is 5.39 Å². The van der Waals surface area contributed by atoms with Crippen LogP contribution in [0.1, 0.15) is 0 Å². The van der Waals surface area contributed by atoms with Crippen molar-refractivity contribution in [1.29, 1.82) is 0 Å². The molecule has 2 aromatic rings. The van der Waals surface area contributed by atoms with Crippen LogP contribution in [0.4, 0.5) is 5.69 Å². The molecular weight excluding hydrogens is 340 g/mol. The number of nitrogen functional groups attached to an aromatic ring is 1. The van der Waals surface area contributed by atoms with Crippen LogP contribution in [0.15, 0.2) is 40.1 Å². The molecule has 7 nitrogen and oxygen atoms in total. The first kappa shape index (κ1) is 21.3. The Hall–Kier alpha value is 0.320. The Morgan fingerprint density at radius 3 is 1.81 bits per heavy atom. The summed E-state index contributed by atoms with van der Waals surface area (Å²) < 4.78 is 67.1. The molecule has 2 aromatic carbocycles. The van der Waals surface area contributed by atoms with Crippen molar-refractivity contribution < 1.29 is 85.1 Å². The molecule has 0 heterocycles. The summed E-state index contributed by atoms with van der Waals surface area (Å²) in [5.74, 6) is 0. The number of hydrogen-bond acceptors (Lipinski definition) is 7. The maximum Gasteiger partial charge on any atom is 1.00 e. The van der Waals surface area contributed by atoms with Crippen molar-refractivity contribution >= 4 is 36.7 Å². The van der Waals surface area contributed by atoms with E-state index in [-0.39, 0.29) is 69.9 Å². The second kappa shape index (κ2) is 7.26. The van der Waals surface area contributed by atoms with E-state index in [1.54, 1.807) is 6.07 Å². The number of hydrogen-bond donors (Lipinski definition) is 1. The van der Waals surface area contributed by atoms with E-state index in [1.165, 1.54) is 18.2 Å². The molecule has 0 aliphatic carbocycles. The van der Waals surface area contributed by atoms with E-state index in [0.717, 1.165) is 6.07 Å². The first-order valence-electron chi connectivity index (χ1n) is 4.85. The zero-order valence-corrected chi connectivity index (χ0v) is 16.9. The van der Waals surface area contributed by atoms with E-state index in [1.807, 2.05) is 0 Å². The molecule has 0 aliphatic rings. The Bertz CT molecular complexity index is 880. The van der Waals surface area contributed by atoms with Gasteiger partial charge in [-0.1, -0.05) is 24.3 Å². The van der Waals surface area contributed by atoms with Gasteiger partial charge in [0.1, 0.15) is 20.2 Å². The van der Waals surface area contributed by atoms with Crippen LogP contribution in [-0.4, -0.2) is 25.9 Å². The summed E-state index contributed by atoms with van der Waals surface area (Å²) in [5.41, 5.74) is 4.82. The predicted octanol–water partition coefficient (Wildman–Crippen LogP) is -5.76. The fourth-order valence-corrected chi connectivity index (χ4v) is 3.92. The molecule has 0 radical (unpaired) electrons. The number of fused-ring (bicyclic) bond motifs is 1. The number of rotatable bonds is 2. The molecule has 102 valence electrons. The van der Waals surface area contributed by atoms with E-state index >= 15 is 0 Å². The third kappa shape index (κ3) is 4.41. The summed E-state index contributed by atoms with van der Waals surface area (Å²) in [5, 5.41) is 0.1000. The van der Waals surface area contributed by atoms with Gasteiger partial charge in [-0.2, -0.15) is 0 Å². The monoisotopic (exact) mass is 347 g/mol. The van der Waals surface area contributed by atoms with Gasteiger partial charge in [-0.05, 0) is 11.5 Å². The molecule has 0 aromatic heterocycles. The first-order chi connectivity index (χ1) is 8.62. The van der Waals surface area contributed by atoms with Gasteiger partial charge in [-0.15, -0.1) is 0 Å². The van der Waals surface area contributed by atoms with Crippen LogP contribution in [0.5, 0.6) is 0 Å². The third-order valence-corrected chi connectivity index (χ3v) is 4.48. The van der Waals surface area contributed by atoms with E-state index in [0.29, 0.717) is 0 Å². The number of benzene rings is 2. The number of anilines is 1. The molecule has 2 N–H and O–H groups in total. The molecule has 2 rings (SSSR count). The van der Waals surface area contributed by atoms with Gasteiger partial charge in [0.2, 0.25) is 0 Å². The van der Waals surface area contributed by atoms with E-state index in [4.69, 9.17) is 5.73 Å². The molecule has 0 unspecified atom stereocenters. The molecule has 0 saturated heterocycles. The molecule has 0 saturated carbocycles. The second-order valence-corrected chi connectivity index (χ2v) is 6.39. The zero-order chi connectivity index (χ0) is 14.4. The normalized spacial score (nSPS) is 11.5. The molecule has 0 fully saturated rings. The van der Waals surface area contributed by atoms with Crippen LogP contribution in [-0.2, 0) is 20.2 Å². The minimum atomic E-state index is -5.19. The van der Waals surface area contributed by atoms with Gasteiger partial charge >= 0.3 is 59.1 Å². The fourth-order valence-electron chi connectivity index (χ4n) is 1.82. The van der Waals surface area contributed by atoms with Gasteiger partial charge in [0.25, 0.3) is 0 Å². The van der Waals surface area contributed by atoms with Crippen molar-refractivity contribution in [3.63, 3.8) is 0 Å². The van der Waals surface area contributed by atoms with Crippen LogP contribution < -0.4 is 64.8 Å². The quantitative estimate of drug-likeness (QED) is 0.324. The van der Waals surface area contributed by atoms with E-state index < -0.39 is 35.7 Å². The Kier molecular flexibility index (Phi) is 7.37. The Morgan fingerprint density at radius 2 is 1.33 bits per heavy atom. The van der Waals surface area contributed by atoms with Crippen molar-refractivity contribution in [2.45, 2.75) is 9.79 Å². The summed E-state index contributed by atoms with van der Waals surface area (Å²) in [6.45, 7) is 0. The predicted molar refractivity (Wildman–Crippen MR) is 64.3 cm³/mol. The zero-order valence-electron chi connectivity index (χ0n) is 11.2. The van der Waals surface area contributed by atoms with Crippen molar-refractivity contribution in [3.05, 3.63) is 30.3 Å². The minimum absolute atomic E-state index is 0. The van der Waals surface area contributed by atoms with Gasteiger partial charge in [0.15, 0.2) is 0 Å². The average molecular weight is 347 g/mol. The summed E-state index contributed by atoms with van der Waals surface area (Å²) in [4.78, 5) is -2.29. The van der Waals surface area contributed by atoms with E-state index in [2.05, 4.69) is 0 Å². The molecule has 11 heteroatoms. The molecule has 0 aliphatic heterocycles. The fraction of sp³-hybridized carbons (Fsp3) is 0. The molecule has 0 atom stereocenters. The van der Waals surface area contributed by atoms with Gasteiger partial charge in [-0.25, -0.2) is 16.8 Å². The van der Waals surface area contributed by atoms with Gasteiger partial charge in [-0.3, -0.25) is 0 Å². The van der Waals surface area contributed by atoms with E-state index in [9.17, 15) is 25.9 Å². The summed E-state index contributed by atoms with van der Waals surface area (Å²) in [7, 11) is -10.4. The Labute approximate surface area is 166 Å². The molecule has 0 bridgehead atoms. The summed E-state index contributed by atoms with van der Waals surface area (Å²) in [6, 6.07) is 6.77. The minimum Gasteiger partial charge on any atom is -0.744 e. The molecule has 0 spiro atoms. The van der Waals surface area contributed by atoms with Crippen LogP contribution in [0.3, 0.4) is 0 Å². The van der Waals surface area contributed by atoms with Crippen molar-refractivity contribution in [2.75, 3.05) is 5.73 Å². The van der Waals surface area contributed by atoms with Crippen molar-refractivity contribution in [1.82, 2.24) is 0 Å².